The van der Waals surface area contributed by atoms with E-state index in [9.17, 15) is 14.0 Å². The van der Waals surface area contributed by atoms with Crippen LogP contribution in [-0.4, -0.2) is 17.6 Å². The molecule has 3 aromatic carbocycles. The lowest BCUT2D eigenvalue weighted by atomic mass is 10.1. The van der Waals surface area contributed by atoms with Crippen LogP contribution in [0.2, 0.25) is 0 Å². The van der Waals surface area contributed by atoms with E-state index >= 15 is 0 Å². The first-order chi connectivity index (χ1) is 14.0. The second-order valence-corrected chi connectivity index (χ2v) is 7.89. The number of nitrogens with one attached hydrogen (secondary N) is 1. The SMILES string of the molecule is Cc1ccc(F)c(N2C(=O)CSC2c2ccc(NC(=O)c3ccccc3)cc2)c1. The Kier molecular flexibility index (Phi) is 5.36. The molecule has 0 spiro atoms. The molecule has 3 aromatic rings. The molecule has 0 aromatic heterocycles. The highest BCUT2D eigenvalue weighted by Gasteiger charge is 2.35. The highest BCUT2D eigenvalue weighted by molar-refractivity contribution is 8.00. The van der Waals surface area contributed by atoms with E-state index < -0.39 is 5.82 Å². The zero-order chi connectivity index (χ0) is 20.4. The van der Waals surface area contributed by atoms with Crippen molar-refractivity contribution in [1.29, 1.82) is 0 Å². The summed E-state index contributed by atoms with van der Waals surface area (Å²) >= 11 is 1.46. The van der Waals surface area contributed by atoms with Crippen molar-refractivity contribution in [3.05, 3.63) is 95.3 Å². The number of benzene rings is 3. The van der Waals surface area contributed by atoms with E-state index in [2.05, 4.69) is 5.32 Å². The summed E-state index contributed by atoms with van der Waals surface area (Å²) < 4.78 is 14.4. The van der Waals surface area contributed by atoms with Gasteiger partial charge in [-0.25, -0.2) is 4.39 Å². The molecule has 1 heterocycles. The molecule has 4 nitrogen and oxygen atoms in total. The van der Waals surface area contributed by atoms with Crippen LogP contribution in [0.5, 0.6) is 0 Å². The molecule has 29 heavy (non-hydrogen) atoms. The van der Waals surface area contributed by atoms with E-state index in [-0.39, 0.29) is 17.2 Å². The third-order valence-electron chi connectivity index (χ3n) is 4.72. The Bertz CT molecular complexity index is 1050. The fourth-order valence-electron chi connectivity index (χ4n) is 3.26. The fraction of sp³-hybridized carbons (Fsp3) is 0.130. The van der Waals surface area contributed by atoms with Crippen molar-refractivity contribution in [2.24, 2.45) is 0 Å². The van der Waals surface area contributed by atoms with Gasteiger partial charge in [-0.2, -0.15) is 0 Å². The predicted molar refractivity (Wildman–Crippen MR) is 115 cm³/mol. The van der Waals surface area contributed by atoms with Gasteiger partial charge in [-0.15, -0.1) is 11.8 Å². The maximum Gasteiger partial charge on any atom is 0.255 e. The van der Waals surface area contributed by atoms with Crippen molar-refractivity contribution in [2.75, 3.05) is 16.0 Å². The molecule has 2 amide bonds. The Balaban J connectivity index is 1.55. The van der Waals surface area contributed by atoms with E-state index in [0.29, 0.717) is 22.7 Å². The number of anilines is 2. The van der Waals surface area contributed by atoms with Crippen LogP contribution in [0, 0.1) is 12.7 Å². The first kappa shape index (κ1) is 19.2. The molecule has 0 bridgehead atoms. The van der Waals surface area contributed by atoms with Gasteiger partial charge in [0.1, 0.15) is 11.2 Å². The lowest BCUT2D eigenvalue weighted by molar-refractivity contribution is -0.115. The molecule has 1 fully saturated rings. The van der Waals surface area contributed by atoms with Crippen LogP contribution in [-0.2, 0) is 4.79 Å². The van der Waals surface area contributed by atoms with Gasteiger partial charge in [0, 0.05) is 11.3 Å². The van der Waals surface area contributed by atoms with Crippen LogP contribution < -0.4 is 10.2 Å². The summed E-state index contributed by atoms with van der Waals surface area (Å²) in [4.78, 5) is 26.3. The first-order valence-corrected chi connectivity index (χ1v) is 10.2. The number of hydrogen-bond acceptors (Lipinski definition) is 3. The van der Waals surface area contributed by atoms with Crippen molar-refractivity contribution in [1.82, 2.24) is 0 Å². The number of carbonyl (C=O) groups is 2. The van der Waals surface area contributed by atoms with Crippen LogP contribution in [0.3, 0.4) is 0 Å². The largest absolute Gasteiger partial charge is 0.322 e. The van der Waals surface area contributed by atoms with E-state index in [4.69, 9.17) is 0 Å². The Morgan fingerprint density at radius 1 is 1.07 bits per heavy atom. The average Bonchev–Trinajstić information content (AvgIpc) is 3.12. The van der Waals surface area contributed by atoms with Gasteiger partial charge >= 0.3 is 0 Å². The summed E-state index contributed by atoms with van der Waals surface area (Å²) in [6.07, 6.45) is 0. The highest BCUT2D eigenvalue weighted by atomic mass is 32.2. The number of amides is 2. The molecule has 1 aliphatic heterocycles. The minimum atomic E-state index is -0.414. The van der Waals surface area contributed by atoms with Gasteiger partial charge in [0.2, 0.25) is 5.91 Å². The van der Waals surface area contributed by atoms with Gasteiger partial charge in [0.15, 0.2) is 0 Å². The van der Waals surface area contributed by atoms with Gasteiger partial charge < -0.3 is 5.32 Å². The number of nitrogens with zero attached hydrogens (tertiary/aromatic N) is 1. The van der Waals surface area contributed by atoms with E-state index in [1.807, 2.05) is 37.3 Å². The van der Waals surface area contributed by atoms with Gasteiger partial charge in [-0.1, -0.05) is 36.4 Å². The van der Waals surface area contributed by atoms with Gasteiger partial charge in [0.05, 0.1) is 11.4 Å². The Morgan fingerprint density at radius 2 is 1.79 bits per heavy atom. The van der Waals surface area contributed by atoms with Gasteiger partial charge in [-0.3, -0.25) is 14.5 Å². The van der Waals surface area contributed by atoms with Crippen molar-refractivity contribution in [2.45, 2.75) is 12.3 Å². The van der Waals surface area contributed by atoms with Gasteiger partial charge in [-0.05, 0) is 54.4 Å². The first-order valence-electron chi connectivity index (χ1n) is 9.19. The highest BCUT2D eigenvalue weighted by Crippen LogP contribution is 2.43. The normalized spacial score (nSPS) is 16.1. The van der Waals surface area contributed by atoms with E-state index in [0.717, 1.165) is 11.1 Å². The zero-order valence-corrected chi connectivity index (χ0v) is 16.6. The summed E-state index contributed by atoms with van der Waals surface area (Å²) in [5, 5.41) is 2.55. The quantitative estimate of drug-likeness (QED) is 0.651. The summed E-state index contributed by atoms with van der Waals surface area (Å²) in [7, 11) is 0. The average molecular weight is 406 g/mol. The Hall–Kier alpha value is -3.12. The molecule has 1 N–H and O–H groups in total. The van der Waals surface area contributed by atoms with E-state index in [1.165, 1.54) is 22.7 Å². The molecule has 146 valence electrons. The number of thioether (sulfide) groups is 1. The minimum absolute atomic E-state index is 0.119. The summed E-state index contributed by atoms with van der Waals surface area (Å²) in [6, 6.07) is 21.1. The molecule has 0 aliphatic carbocycles. The van der Waals surface area contributed by atoms with Crippen LogP contribution in [0.1, 0.15) is 26.9 Å². The molecule has 0 saturated carbocycles. The topological polar surface area (TPSA) is 49.4 Å². The van der Waals surface area contributed by atoms with Crippen molar-refractivity contribution >= 4 is 35.0 Å². The van der Waals surface area contributed by atoms with Crippen molar-refractivity contribution in [3.63, 3.8) is 0 Å². The molecule has 6 heteroatoms. The molecular formula is C23H19FN2O2S. The number of rotatable bonds is 4. The number of hydrogen-bond donors (Lipinski definition) is 1. The zero-order valence-electron chi connectivity index (χ0n) is 15.8. The lowest BCUT2D eigenvalue weighted by Crippen LogP contribution is -2.28. The summed E-state index contributed by atoms with van der Waals surface area (Å²) in [5.74, 6) is -0.425. The van der Waals surface area contributed by atoms with Crippen molar-refractivity contribution in [3.8, 4) is 0 Å². The van der Waals surface area contributed by atoms with Crippen LogP contribution in [0.4, 0.5) is 15.8 Å². The van der Waals surface area contributed by atoms with Crippen LogP contribution in [0.15, 0.2) is 72.8 Å². The maximum atomic E-state index is 14.4. The molecule has 1 aliphatic rings. The fourth-order valence-corrected chi connectivity index (χ4v) is 4.43. The van der Waals surface area contributed by atoms with Gasteiger partial charge in [0.25, 0.3) is 5.91 Å². The summed E-state index contributed by atoms with van der Waals surface area (Å²) in [5.41, 5.74) is 3.30. The Labute approximate surface area is 172 Å². The maximum absolute atomic E-state index is 14.4. The monoisotopic (exact) mass is 406 g/mol. The number of aryl methyl sites for hydroxylation is 1. The van der Waals surface area contributed by atoms with E-state index in [1.54, 1.807) is 36.4 Å². The number of halogens is 1. The molecule has 1 saturated heterocycles. The second kappa shape index (κ2) is 8.09. The predicted octanol–water partition coefficient (Wildman–Crippen LogP) is 5.17. The molecule has 1 unspecified atom stereocenters. The molecule has 4 rings (SSSR count). The standard InChI is InChI=1S/C23H19FN2O2S/c1-15-7-12-19(24)20(13-15)26-21(27)14-29-23(26)17-8-10-18(11-9-17)25-22(28)16-5-3-2-4-6-16/h2-13,23H,14H2,1H3,(H,25,28). The van der Waals surface area contributed by atoms with Crippen molar-refractivity contribution < 1.29 is 14.0 Å². The van der Waals surface area contributed by atoms with Crippen LogP contribution in [0.25, 0.3) is 0 Å². The summed E-state index contributed by atoms with van der Waals surface area (Å²) in [6.45, 7) is 1.87. The Morgan fingerprint density at radius 3 is 2.52 bits per heavy atom. The molecule has 1 atom stereocenters. The third-order valence-corrected chi connectivity index (χ3v) is 5.93. The molecule has 0 radical (unpaired) electrons. The lowest BCUT2D eigenvalue weighted by Gasteiger charge is -2.25. The van der Waals surface area contributed by atoms with Crippen LogP contribution >= 0.6 is 11.8 Å². The number of carbonyl (C=O) groups excluding carboxylic acids is 2. The third kappa shape index (κ3) is 4.03. The smallest absolute Gasteiger partial charge is 0.255 e. The minimum Gasteiger partial charge on any atom is -0.322 e. The molecular weight excluding hydrogens is 387 g/mol. The second-order valence-electron chi connectivity index (χ2n) is 6.82.